The molecule has 0 amide bonds. The fraction of sp³-hybridized carbons (Fsp3) is 0.143. The highest BCUT2D eigenvalue weighted by Crippen LogP contribution is 2.35. The highest BCUT2D eigenvalue weighted by Gasteiger charge is 2.20. The average Bonchev–Trinajstić information content (AvgIpc) is 2.34. The van der Waals surface area contributed by atoms with Crippen molar-refractivity contribution in [2.75, 3.05) is 6.54 Å². The predicted octanol–water partition coefficient (Wildman–Crippen LogP) is 4.67. The molecule has 2 aromatic carbocycles. The normalized spacial score (nSPS) is 11.1. The van der Waals surface area contributed by atoms with Crippen molar-refractivity contribution in [3.63, 3.8) is 0 Å². The maximum atomic E-state index is 6.26. The number of hydrogen-bond donors (Lipinski definition) is 1. The van der Waals surface area contributed by atoms with Gasteiger partial charge in [-0.05, 0) is 35.4 Å². The van der Waals surface area contributed by atoms with Gasteiger partial charge in [0.25, 0.3) is 0 Å². The van der Waals surface area contributed by atoms with E-state index in [1.54, 1.807) is 12.1 Å². The van der Waals surface area contributed by atoms with Crippen LogP contribution < -0.4 is 5.73 Å². The fourth-order valence-corrected chi connectivity index (χ4v) is 3.13. The molecule has 0 unspecified atom stereocenters. The first-order valence-corrected chi connectivity index (χ1v) is 7.23. The van der Waals surface area contributed by atoms with Gasteiger partial charge in [-0.1, -0.05) is 58.5 Å². The fourth-order valence-electron chi connectivity index (χ4n) is 2.05. The number of rotatable bonds is 3. The largest absolute Gasteiger partial charge is 0.357 e. The van der Waals surface area contributed by atoms with Crippen molar-refractivity contribution in [2.24, 2.45) is 0 Å². The number of benzene rings is 2. The van der Waals surface area contributed by atoms with Gasteiger partial charge in [0.2, 0.25) is 0 Å². The zero-order valence-electron chi connectivity index (χ0n) is 9.97. The van der Waals surface area contributed by atoms with Gasteiger partial charge in [0.15, 0.2) is 0 Å². The van der Waals surface area contributed by atoms with Crippen LogP contribution in [-0.2, 0) is 0 Å². The van der Waals surface area contributed by atoms with Crippen molar-refractivity contribution in [1.82, 2.24) is 0 Å². The molecular formula is C14H12Cl4N+. The Hall–Kier alpha value is -0.440. The minimum atomic E-state index is 0.0227. The first-order chi connectivity index (χ1) is 9.02. The van der Waals surface area contributed by atoms with Crippen molar-refractivity contribution in [3.05, 3.63) is 67.6 Å². The first-order valence-electron chi connectivity index (χ1n) is 5.72. The van der Waals surface area contributed by atoms with Gasteiger partial charge in [-0.2, -0.15) is 0 Å². The molecule has 0 spiro atoms. The maximum Gasteiger partial charge on any atom is 0.0851 e. The zero-order chi connectivity index (χ0) is 14.0. The molecule has 0 aliphatic heterocycles. The second kappa shape index (κ2) is 6.34. The lowest BCUT2D eigenvalue weighted by Crippen LogP contribution is -2.53. The maximum absolute atomic E-state index is 6.26. The lowest BCUT2D eigenvalue weighted by atomic mass is 9.91. The molecule has 0 saturated carbocycles. The van der Waals surface area contributed by atoms with Gasteiger partial charge >= 0.3 is 0 Å². The van der Waals surface area contributed by atoms with Gasteiger partial charge in [-0.15, -0.1) is 0 Å². The van der Waals surface area contributed by atoms with E-state index in [1.165, 1.54) is 0 Å². The highest BCUT2D eigenvalue weighted by molar-refractivity contribution is 6.36. The van der Waals surface area contributed by atoms with Gasteiger partial charge in [-0.25, -0.2) is 0 Å². The Morgan fingerprint density at radius 3 is 1.53 bits per heavy atom. The summed E-state index contributed by atoms with van der Waals surface area (Å²) in [6, 6.07) is 10.9. The van der Waals surface area contributed by atoms with E-state index >= 15 is 0 Å². The van der Waals surface area contributed by atoms with E-state index < -0.39 is 0 Å². The Morgan fingerprint density at radius 2 is 1.21 bits per heavy atom. The minimum Gasteiger partial charge on any atom is -0.357 e. The van der Waals surface area contributed by atoms with Crippen molar-refractivity contribution in [1.29, 1.82) is 0 Å². The molecule has 0 radical (unpaired) electrons. The molecule has 0 aliphatic rings. The molecular weight excluding hydrogens is 324 g/mol. The van der Waals surface area contributed by atoms with Crippen molar-refractivity contribution in [2.45, 2.75) is 5.92 Å². The molecule has 0 bridgehead atoms. The van der Waals surface area contributed by atoms with Gasteiger partial charge in [0, 0.05) is 20.1 Å². The van der Waals surface area contributed by atoms with Crippen LogP contribution in [0.3, 0.4) is 0 Å². The van der Waals surface area contributed by atoms with E-state index in [-0.39, 0.29) is 5.92 Å². The van der Waals surface area contributed by atoms with Gasteiger partial charge in [-0.3, -0.25) is 0 Å². The van der Waals surface area contributed by atoms with Crippen molar-refractivity contribution >= 4 is 46.4 Å². The van der Waals surface area contributed by atoms with Crippen LogP contribution in [0.15, 0.2) is 36.4 Å². The summed E-state index contributed by atoms with van der Waals surface area (Å²) >= 11 is 24.3. The molecule has 0 heterocycles. The van der Waals surface area contributed by atoms with Gasteiger partial charge < -0.3 is 5.73 Å². The number of hydrogen-bond acceptors (Lipinski definition) is 0. The van der Waals surface area contributed by atoms with Crippen LogP contribution >= 0.6 is 46.4 Å². The quantitative estimate of drug-likeness (QED) is 0.843. The van der Waals surface area contributed by atoms with Gasteiger partial charge in [0.1, 0.15) is 0 Å². The molecule has 100 valence electrons. The van der Waals surface area contributed by atoms with Crippen LogP contribution in [0.2, 0.25) is 20.1 Å². The Balaban J connectivity index is 2.50. The summed E-state index contributed by atoms with van der Waals surface area (Å²) in [6.07, 6.45) is 0. The lowest BCUT2D eigenvalue weighted by Gasteiger charge is -2.17. The van der Waals surface area contributed by atoms with Crippen LogP contribution in [-0.4, -0.2) is 6.54 Å². The number of halogens is 4. The molecule has 3 N–H and O–H groups in total. The smallest absolute Gasteiger partial charge is 0.0851 e. The predicted molar refractivity (Wildman–Crippen MR) is 82.5 cm³/mol. The minimum absolute atomic E-state index is 0.0227. The lowest BCUT2D eigenvalue weighted by molar-refractivity contribution is -0.370. The summed E-state index contributed by atoms with van der Waals surface area (Å²) in [4.78, 5) is 0. The van der Waals surface area contributed by atoms with E-state index in [9.17, 15) is 0 Å². The van der Waals surface area contributed by atoms with E-state index in [2.05, 4.69) is 5.73 Å². The molecule has 0 fully saturated rings. The number of quaternary nitrogens is 1. The SMILES string of the molecule is [NH3+]CC(c1ccc(Cl)cc1Cl)c1ccc(Cl)cc1Cl. The summed E-state index contributed by atoms with van der Waals surface area (Å²) in [5, 5.41) is 2.46. The average molecular weight is 336 g/mol. The molecule has 0 saturated heterocycles. The van der Waals surface area contributed by atoms with Crippen LogP contribution in [0.1, 0.15) is 17.0 Å². The Bertz CT molecular complexity index is 546. The second-order valence-electron chi connectivity index (χ2n) is 4.17. The standard InChI is InChI=1S/C14H11Cl4N/c15-8-1-3-10(13(17)5-8)12(7-19)11-4-2-9(16)6-14(11)18/h1-6,12H,7,19H2/p+1. The Labute approximate surface area is 132 Å². The van der Waals surface area contributed by atoms with E-state index in [0.29, 0.717) is 26.6 Å². The molecule has 0 aromatic heterocycles. The van der Waals surface area contributed by atoms with Crippen LogP contribution in [0.4, 0.5) is 0 Å². The molecule has 1 nitrogen and oxygen atoms in total. The zero-order valence-corrected chi connectivity index (χ0v) is 13.0. The van der Waals surface area contributed by atoms with E-state index in [4.69, 9.17) is 46.4 Å². The Kier molecular flexibility index (Phi) is 4.99. The molecule has 5 heteroatoms. The third kappa shape index (κ3) is 3.36. The monoisotopic (exact) mass is 334 g/mol. The molecule has 0 aliphatic carbocycles. The molecule has 2 rings (SSSR count). The van der Waals surface area contributed by atoms with Gasteiger partial charge in [0.05, 0.1) is 12.5 Å². The third-order valence-electron chi connectivity index (χ3n) is 2.96. The molecule has 0 atom stereocenters. The van der Waals surface area contributed by atoms with Crippen LogP contribution in [0, 0.1) is 0 Å². The molecule has 2 aromatic rings. The summed E-state index contributed by atoms with van der Waals surface area (Å²) < 4.78 is 0. The third-order valence-corrected chi connectivity index (χ3v) is 4.09. The topological polar surface area (TPSA) is 27.6 Å². The second-order valence-corrected chi connectivity index (χ2v) is 5.86. The summed E-state index contributed by atoms with van der Waals surface area (Å²) in [5.74, 6) is 0.0227. The van der Waals surface area contributed by atoms with Crippen molar-refractivity contribution < 1.29 is 5.73 Å². The van der Waals surface area contributed by atoms with Crippen LogP contribution in [0.5, 0.6) is 0 Å². The summed E-state index contributed by atoms with van der Waals surface area (Å²) in [5.41, 5.74) is 5.91. The van der Waals surface area contributed by atoms with Crippen LogP contribution in [0.25, 0.3) is 0 Å². The highest BCUT2D eigenvalue weighted by atomic mass is 35.5. The summed E-state index contributed by atoms with van der Waals surface area (Å²) in [6.45, 7) is 0.642. The Morgan fingerprint density at radius 1 is 0.789 bits per heavy atom. The van der Waals surface area contributed by atoms with Crippen molar-refractivity contribution in [3.8, 4) is 0 Å². The molecule has 19 heavy (non-hydrogen) atoms. The summed E-state index contributed by atoms with van der Waals surface area (Å²) in [7, 11) is 0. The van der Waals surface area contributed by atoms with E-state index in [0.717, 1.165) is 11.1 Å². The first kappa shape index (κ1) is 15.0. The van der Waals surface area contributed by atoms with E-state index in [1.807, 2.05) is 24.3 Å².